The zero-order valence-corrected chi connectivity index (χ0v) is 14.1. The first kappa shape index (κ1) is 18.2. The normalized spacial score (nSPS) is 15.3. The maximum absolute atomic E-state index is 5.66. The molecule has 0 unspecified atom stereocenters. The van der Waals surface area contributed by atoms with Gasteiger partial charge in [0.15, 0.2) is 5.96 Å². The van der Waals surface area contributed by atoms with Crippen LogP contribution >= 0.6 is 0 Å². The molecule has 0 aromatic carbocycles. The van der Waals surface area contributed by atoms with E-state index in [0.717, 1.165) is 64.2 Å². The van der Waals surface area contributed by atoms with E-state index in [2.05, 4.69) is 22.1 Å². The van der Waals surface area contributed by atoms with Gasteiger partial charge in [-0.1, -0.05) is 13.3 Å². The second-order valence-corrected chi connectivity index (χ2v) is 5.73. The number of hydrogen-bond donors (Lipinski definition) is 1. The summed E-state index contributed by atoms with van der Waals surface area (Å²) in [6.45, 7) is 7.34. The Morgan fingerprint density at radius 3 is 2.62 bits per heavy atom. The fourth-order valence-electron chi connectivity index (χ4n) is 1.95. The van der Waals surface area contributed by atoms with Crippen molar-refractivity contribution in [3.63, 3.8) is 0 Å². The van der Waals surface area contributed by atoms with Crippen molar-refractivity contribution in [1.82, 2.24) is 10.2 Å². The molecule has 21 heavy (non-hydrogen) atoms. The summed E-state index contributed by atoms with van der Waals surface area (Å²) in [5, 5.41) is 3.36. The Morgan fingerprint density at radius 1 is 1.19 bits per heavy atom. The van der Waals surface area contributed by atoms with Gasteiger partial charge in [0.2, 0.25) is 0 Å². The summed E-state index contributed by atoms with van der Waals surface area (Å²) in [5.74, 6) is 1.76. The van der Waals surface area contributed by atoms with Gasteiger partial charge in [0.25, 0.3) is 0 Å². The van der Waals surface area contributed by atoms with Gasteiger partial charge in [-0.05, 0) is 31.6 Å². The van der Waals surface area contributed by atoms with Crippen molar-refractivity contribution < 1.29 is 9.47 Å². The molecule has 0 aliphatic heterocycles. The van der Waals surface area contributed by atoms with E-state index in [0.29, 0.717) is 0 Å². The molecule has 1 aliphatic rings. The SMILES string of the molecule is CCCCOCCCNC(=NC)N(C)CCOCC1CC1. The van der Waals surface area contributed by atoms with Crippen LogP contribution in [0.3, 0.4) is 0 Å². The maximum Gasteiger partial charge on any atom is 0.193 e. The van der Waals surface area contributed by atoms with Crippen molar-refractivity contribution in [2.75, 3.05) is 53.6 Å². The standard InChI is InChI=1S/C16H33N3O2/c1-4-5-11-20-12-6-9-18-16(17-2)19(3)10-13-21-14-15-7-8-15/h15H,4-14H2,1-3H3,(H,17,18). The molecule has 0 aromatic heterocycles. The minimum absolute atomic E-state index is 0.772. The molecule has 1 saturated carbocycles. The molecule has 124 valence electrons. The van der Waals surface area contributed by atoms with Crippen LogP contribution in [0.25, 0.3) is 0 Å². The van der Waals surface area contributed by atoms with Gasteiger partial charge in [0.1, 0.15) is 0 Å². The largest absolute Gasteiger partial charge is 0.381 e. The predicted octanol–water partition coefficient (Wildman–Crippen LogP) is 2.13. The summed E-state index contributed by atoms with van der Waals surface area (Å²) in [6, 6.07) is 0. The third kappa shape index (κ3) is 9.69. The summed E-state index contributed by atoms with van der Waals surface area (Å²) in [4.78, 5) is 6.41. The van der Waals surface area contributed by atoms with Crippen molar-refractivity contribution in [2.45, 2.75) is 39.0 Å². The topological polar surface area (TPSA) is 46.1 Å². The van der Waals surface area contributed by atoms with Crippen LogP contribution in [0.4, 0.5) is 0 Å². The van der Waals surface area contributed by atoms with E-state index in [1.807, 2.05) is 14.1 Å². The van der Waals surface area contributed by atoms with E-state index < -0.39 is 0 Å². The Kier molecular flexibility index (Phi) is 10.3. The van der Waals surface area contributed by atoms with Crippen molar-refractivity contribution in [2.24, 2.45) is 10.9 Å². The van der Waals surface area contributed by atoms with Crippen LogP contribution in [0.2, 0.25) is 0 Å². The molecular formula is C16H33N3O2. The third-order valence-corrected chi connectivity index (χ3v) is 3.59. The summed E-state index contributed by atoms with van der Waals surface area (Å²) in [5.41, 5.74) is 0. The van der Waals surface area contributed by atoms with Crippen LogP contribution in [0.15, 0.2) is 4.99 Å². The fourth-order valence-corrected chi connectivity index (χ4v) is 1.95. The lowest BCUT2D eigenvalue weighted by Gasteiger charge is -2.22. The number of unbranched alkanes of at least 4 members (excludes halogenated alkanes) is 1. The molecule has 0 radical (unpaired) electrons. The Bertz CT molecular complexity index is 281. The average molecular weight is 299 g/mol. The van der Waals surface area contributed by atoms with Gasteiger partial charge in [-0.15, -0.1) is 0 Å². The van der Waals surface area contributed by atoms with Crippen molar-refractivity contribution in [3.8, 4) is 0 Å². The molecular weight excluding hydrogens is 266 g/mol. The summed E-state index contributed by atoms with van der Waals surface area (Å²) >= 11 is 0. The van der Waals surface area contributed by atoms with Crippen LogP contribution in [0.1, 0.15) is 39.0 Å². The van der Waals surface area contributed by atoms with Crippen LogP contribution in [-0.2, 0) is 9.47 Å². The van der Waals surface area contributed by atoms with Gasteiger partial charge in [-0.3, -0.25) is 4.99 Å². The number of likely N-dealkylation sites (N-methyl/N-ethyl adjacent to an activating group) is 1. The number of guanidine groups is 1. The van der Waals surface area contributed by atoms with Crippen LogP contribution < -0.4 is 5.32 Å². The molecule has 0 aromatic rings. The smallest absolute Gasteiger partial charge is 0.193 e. The Hall–Kier alpha value is -0.810. The highest BCUT2D eigenvalue weighted by atomic mass is 16.5. The van der Waals surface area contributed by atoms with E-state index in [1.165, 1.54) is 19.3 Å². The lowest BCUT2D eigenvalue weighted by atomic mass is 10.4. The molecule has 0 bridgehead atoms. The lowest BCUT2D eigenvalue weighted by Crippen LogP contribution is -2.41. The summed E-state index contributed by atoms with van der Waals surface area (Å²) in [6.07, 6.45) is 6.05. The molecule has 5 heteroatoms. The highest BCUT2D eigenvalue weighted by Crippen LogP contribution is 2.28. The van der Waals surface area contributed by atoms with Gasteiger partial charge in [-0.25, -0.2) is 0 Å². The second kappa shape index (κ2) is 11.8. The first-order valence-electron chi connectivity index (χ1n) is 8.35. The van der Waals surface area contributed by atoms with Gasteiger partial charge in [-0.2, -0.15) is 0 Å². The number of ether oxygens (including phenoxy) is 2. The average Bonchev–Trinajstić information content (AvgIpc) is 3.30. The first-order valence-corrected chi connectivity index (χ1v) is 8.35. The van der Waals surface area contributed by atoms with Crippen molar-refractivity contribution in [3.05, 3.63) is 0 Å². The van der Waals surface area contributed by atoms with E-state index in [-0.39, 0.29) is 0 Å². The fraction of sp³-hybridized carbons (Fsp3) is 0.938. The minimum atomic E-state index is 0.772. The van der Waals surface area contributed by atoms with E-state index in [4.69, 9.17) is 9.47 Å². The number of aliphatic imine (C=N–C) groups is 1. The number of hydrogen-bond acceptors (Lipinski definition) is 3. The van der Waals surface area contributed by atoms with Crippen molar-refractivity contribution in [1.29, 1.82) is 0 Å². The van der Waals surface area contributed by atoms with E-state index in [9.17, 15) is 0 Å². The van der Waals surface area contributed by atoms with Gasteiger partial charge < -0.3 is 19.7 Å². The molecule has 0 saturated heterocycles. The molecule has 1 aliphatic carbocycles. The van der Waals surface area contributed by atoms with Gasteiger partial charge in [0, 0.05) is 47.0 Å². The molecule has 1 N–H and O–H groups in total. The Balaban J connectivity index is 1.98. The quantitative estimate of drug-likeness (QED) is 0.341. The Labute approximate surface area is 130 Å². The highest BCUT2D eigenvalue weighted by Gasteiger charge is 2.21. The zero-order chi connectivity index (χ0) is 15.3. The molecule has 5 nitrogen and oxygen atoms in total. The Morgan fingerprint density at radius 2 is 1.95 bits per heavy atom. The van der Waals surface area contributed by atoms with Gasteiger partial charge in [0.05, 0.1) is 6.61 Å². The van der Waals surface area contributed by atoms with Gasteiger partial charge >= 0.3 is 0 Å². The molecule has 0 heterocycles. The van der Waals surface area contributed by atoms with Crippen molar-refractivity contribution >= 4 is 5.96 Å². The number of nitrogens with one attached hydrogen (secondary N) is 1. The molecule has 1 fully saturated rings. The predicted molar refractivity (Wildman–Crippen MR) is 87.9 cm³/mol. The lowest BCUT2D eigenvalue weighted by molar-refractivity contribution is 0.114. The zero-order valence-electron chi connectivity index (χ0n) is 14.1. The van der Waals surface area contributed by atoms with Crippen LogP contribution in [0.5, 0.6) is 0 Å². The van der Waals surface area contributed by atoms with Crippen LogP contribution in [-0.4, -0.2) is 64.5 Å². The van der Waals surface area contributed by atoms with E-state index >= 15 is 0 Å². The van der Waals surface area contributed by atoms with E-state index in [1.54, 1.807) is 0 Å². The highest BCUT2D eigenvalue weighted by molar-refractivity contribution is 5.79. The monoisotopic (exact) mass is 299 g/mol. The summed E-state index contributed by atoms with van der Waals surface area (Å²) < 4.78 is 11.2. The second-order valence-electron chi connectivity index (χ2n) is 5.73. The molecule has 0 spiro atoms. The third-order valence-electron chi connectivity index (χ3n) is 3.59. The molecule has 0 amide bonds. The van der Waals surface area contributed by atoms with Crippen LogP contribution in [0, 0.1) is 5.92 Å². The minimum Gasteiger partial charge on any atom is -0.381 e. The first-order chi connectivity index (χ1) is 10.3. The number of rotatable bonds is 12. The maximum atomic E-state index is 5.66. The number of nitrogens with zero attached hydrogens (tertiary/aromatic N) is 2. The molecule has 0 atom stereocenters. The summed E-state index contributed by atoms with van der Waals surface area (Å²) in [7, 11) is 3.87. The molecule has 1 rings (SSSR count).